The molecule has 7 heteroatoms. The van der Waals surface area contributed by atoms with Crippen LogP contribution in [0.3, 0.4) is 0 Å². The molecule has 0 radical (unpaired) electrons. The van der Waals surface area contributed by atoms with Crippen molar-refractivity contribution in [1.29, 1.82) is 0 Å². The summed E-state index contributed by atoms with van der Waals surface area (Å²) < 4.78 is 5.70. The van der Waals surface area contributed by atoms with E-state index in [0.29, 0.717) is 34.8 Å². The topological polar surface area (TPSA) is 87.7 Å². The van der Waals surface area contributed by atoms with Crippen molar-refractivity contribution in [1.82, 2.24) is 5.32 Å². The van der Waals surface area contributed by atoms with Gasteiger partial charge >= 0.3 is 0 Å². The quantitative estimate of drug-likeness (QED) is 0.555. The van der Waals surface area contributed by atoms with Gasteiger partial charge in [0.1, 0.15) is 18.5 Å². The summed E-state index contributed by atoms with van der Waals surface area (Å²) in [6.45, 7) is 8.26. The number of aliphatic hydroxyl groups excluding tert-OH is 1. The molecule has 1 amide bonds. The summed E-state index contributed by atoms with van der Waals surface area (Å²) in [6.07, 6.45) is -0.394. The van der Waals surface area contributed by atoms with Crippen molar-refractivity contribution in [3.8, 4) is 5.75 Å². The van der Waals surface area contributed by atoms with Crippen molar-refractivity contribution in [2.24, 2.45) is 0 Å². The molecular formula is C21H28N2O4S. The van der Waals surface area contributed by atoms with E-state index in [4.69, 9.17) is 4.74 Å². The van der Waals surface area contributed by atoms with Crippen LogP contribution in [0, 0.1) is 0 Å². The number of hydrogen-bond acceptors (Lipinski definition) is 6. The van der Waals surface area contributed by atoms with Crippen LogP contribution in [0.15, 0.2) is 35.7 Å². The summed E-state index contributed by atoms with van der Waals surface area (Å²) in [4.78, 5) is 25.2. The van der Waals surface area contributed by atoms with Gasteiger partial charge in [-0.1, -0.05) is 13.0 Å². The number of amides is 1. The van der Waals surface area contributed by atoms with Gasteiger partial charge in [-0.05, 0) is 50.4 Å². The van der Waals surface area contributed by atoms with Crippen molar-refractivity contribution >= 4 is 28.7 Å². The molecule has 3 N–H and O–H groups in total. The van der Waals surface area contributed by atoms with Crippen LogP contribution in [0.25, 0.3) is 0 Å². The molecule has 0 aliphatic heterocycles. The van der Waals surface area contributed by atoms with Crippen LogP contribution in [-0.4, -0.2) is 41.6 Å². The highest BCUT2D eigenvalue weighted by atomic mass is 32.1. The zero-order valence-corrected chi connectivity index (χ0v) is 17.6. The number of β-amino-alcohol motifs (C(OH)–C–C–N with tert-alkyl or cyclic N) is 1. The third-order valence-electron chi connectivity index (χ3n) is 3.90. The number of ether oxygens (including phenoxy) is 1. The van der Waals surface area contributed by atoms with Gasteiger partial charge in [0.25, 0.3) is 5.91 Å². The number of Topliss-reactive ketones (excluding diaryl/α,β-unsaturated/α-hetero) is 1. The van der Waals surface area contributed by atoms with Crippen molar-refractivity contribution < 1.29 is 19.4 Å². The van der Waals surface area contributed by atoms with E-state index in [1.54, 1.807) is 31.2 Å². The van der Waals surface area contributed by atoms with Gasteiger partial charge in [-0.25, -0.2) is 0 Å². The van der Waals surface area contributed by atoms with Crippen LogP contribution in [0.5, 0.6) is 5.75 Å². The Bertz CT molecular complexity index is 797. The fraction of sp³-hybridized carbons (Fsp3) is 0.429. The van der Waals surface area contributed by atoms with Crippen LogP contribution in [0.2, 0.25) is 0 Å². The minimum atomic E-state index is -0.706. The van der Waals surface area contributed by atoms with Crippen LogP contribution >= 0.6 is 11.3 Å². The molecule has 0 spiro atoms. The second-order valence-corrected chi connectivity index (χ2v) is 8.46. The molecule has 0 bridgehead atoms. The normalized spacial score (nSPS) is 12.5. The number of carbonyl (C=O) groups is 2. The molecule has 1 aromatic heterocycles. The lowest BCUT2D eigenvalue weighted by Gasteiger charge is -2.23. The number of nitrogens with one attached hydrogen (secondary N) is 2. The standard InChI is InChI=1S/C21H28N2O4S/c1-5-17(25)16-11-14(23-20(26)19-7-6-10-28-19)8-9-18(16)27-13-15(24)12-22-21(2,3)4/h6-11,15,22,24H,5,12-13H2,1-4H3,(H,23,26)/t15-/m0/s1. The van der Waals surface area contributed by atoms with Crippen LogP contribution < -0.4 is 15.4 Å². The zero-order valence-electron chi connectivity index (χ0n) is 16.7. The lowest BCUT2D eigenvalue weighted by atomic mass is 10.1. The maximum absolute atomic E-state index is 12.3. The van der Waals surface area contributed by atoms with Gasteiger partial charge in [0.05, 0.1) is 10.4 Å². The van der Waals surface area contributed by atoms with E-state index in [2.05, 4.69) is 10.6 Å². The third kappa shape index (κ3) is 6.74. The first-order valence-electron chi connectivity index (χ1n) is 9.27. The Kier molecular flexibility index (Phi) is 7.74. The molecule has 0 aliphatic rings. The molecule has 6 nitrogen and oxygen atoms in total. The number of ketones is 1. The summed E-state index contributed by atoms with van der Waals surface area (Å²) in [5.41, 5.74) is 0.812. The summed E-state index contributed by atoms with van der Waals surface area (Å²) in [6, 6.07) is 8.50. The molecule has 0 aliphatic carbocycles. The van der Waals surface area contributed by atoms with E-state index in [0.717, 1.165) is 0 Å². The average Bonchev–Trinajstić information content (AvgIpc) is 3.19. The highest BCUT2D eigenvalue weighted by molar-refractivity contribution is 7.12. The molecule has 0 saturated carbocycles. The van der Waals surface area contributed by atoms with Gasteiger partial charge in [-0.15, -0.1) is 11.3 Å². The second kappa shape index (κ2) is 9.82. The molecule has 0 unspecified atom stereocenters. The maximum Gasteiger partial charge on any atom is 0.265 e. The van der Waals surface area contributed by atoms with E-state index < -0.39 is 6.10 Å². The maximum atomic E-state index is 12.3. The first-order valence-corrected chi connectivity index (χ1v) is 10.2. The second-order valence-electron chi connectivity index (χ2n) is 7.51. The molecule has 152 valence electrons. The Labute approximate surface area is 169 Å². The molecule has 1 heterocycles. The minimum absolute atomic E-state index is 0.0635. The Morgan fingerprint density at radius 1 is 1.25 bits per heavy atom. The number of aliphatic hydroxyl groups is 1. The SMILES string of the molecule is CCC(=O)c1cc(NC(=O)c2cccs2)ccc1OC[C@@H](O)CNC(C)(C)C. The van der Waals surface area contributed by atoms with Crippen LogP contribution in [0.4, 0.5) is 5.69 Å². The average molecular weight is 405 g/mol. The van der Waals surface area contributed by atoms with Gasteiger partial charge in [-0.2, -0.15) is 0 Å². The Morgan fingerprint density at radius 3 is 2.61 bits per heavy atom. The van der Waals surface area contributed by atoms with Gasteiger partial charge in [-0.3, -0.25) is 9.59 Å². The molecule has 0 saturated heterocycles. The van der Waals surface area contributed by atoms with Gasteiger partial charge in [0, 0.05) is 24.2 Å². The summed E-state index contributed by atoms with van der Waals surface area (Å²) >= 11 is 1.35. The Hall–Kier alpha value is -2.22. The van der Waals surface area contributed by atoms with Gasteiger partial charge in [0.2, 0.25) is 0 Å². The predicted molar refractivity (Wildman–Crippen MR) is 113 cm³/mol. The minimum Gasteiger partial charge on any atom is -0.490 e. The first-order chi connectivity index (χ1) is 13.2. The van der Waals surface area contributed by atoms with Crippen LogP contribution in [0.1, 0.15) is 54.1 Å². The molecule has 1 aromatic carbocycles. The first kappa shape index (κ1) is 22.1. The van der Waals surface area contributed by atoms with Crippen molar-refractivity contribution in [2.75, 3.05) is 18.5 Å². The number of thiophene rings is 1. The van der Waals surface area contributed by atoms with E-state index >= 15 is 0 Å². The predicted octanol–water partition coefficient (Wildman–Crippen LogP) is 3.72. The molecular weight excluding hydrogens is 376 g/mol. The number of anilines is 1. The number of carbonyl (C=O) groups excluding carboxylic acids is 2. The monoisotopic (exact) mass is 404 g/mol. The number of hydrogen-bond donors (Lipinski definition) is 3. The lowest BCUT2D eigenvalue weighted by molar-refractivity contribution is 0.0936. The highest BCUT2D eigenvalue weighted by Gasteiger charge is 2.17. The Balaban J connectivity index is 2.07. The number of benzene rings is 1. The van der Waals surface area contributed by atoms with Crippen molar-refractivity contribution in [3.05, 3.63) is 46.2 Å². The fourth-order valence-electron chi connectivity index (χ4n) is 2.41. The summed E-state index contributed by atoms with van der Waals surface area (Å²) in [7, 11) is 0. The highest BCUT2D eigenvalue weighted by Crippen LogP contribution is 2.25. The largest absolute Gasteiger partial charge is 0.490 e. The van der Waals surface area contributed by atoms with E-state index in [1.807, 2.05) is 32.2 Å². The zero-order chi connectivity index (χ0) is 20.7. The van der Waals surface area contributed by atoms with E-state index in [-0.39, 0.29) is 23.8 Å². The van der Waals surface area contributed by atoms with Gasteiger partial charge in [0.15, 0.2) is 5.78 Å². The van der Waals surface area contributed by atoms with E-state index in [9.17, 15) is 14.7 Å². The number of rotatable bonds is 9. The molecule has 0 fully saturated rings. The van der Waals surface area contributed by atoms with Gasteiger partial charge < -0.3 is 20.5 Å². The van der Waals surface area contributed by atoms with Crippen molar-refractivity contribution in [3.63, 3.8) is 0 Å². The summed E-state index contributed by atoms with van der Waals surface area (Å²) in [5, 5.41) is 17.9. The van der Waals surface area contributed by atoms with Crippen LogP contribution in [-0.2, 0) is 0 Å². The summed E-state index contributed by atoms with van der Waals surface area (Å²) in [5.74, 6) is 0.0857. The fourth-order valence-corrected chi connectivity index (χ4v) is 3.03. The molecule has 2 aromatic rings. The smallest absolute Gasteiger partial charge is 0.265 e. The molecule has 1 atom stereocenters. The van der Waals surface area contributed by atoms with E-state index in [1.165, 1.54) is 11.3 Å². The molecule has 28 heavy (non-hydrogen) atoms. The third-order valence-corrected chi connectivity index (χ3v) is 4.77. The lowest BCUT2D eigenvalue weighted by Crippen LogP contribution is -2.42. The van der Waals surface area contributed by atoms with Crippen molar-refractivity contribution in [2.45, 2.75) is 45.8 Å². The molecule has 2 rings (SSSR count). The Morgan fingerprint density at radius 2 is 2.00 bits per heavy atom.